The summed E-state index contributed by atoms with van der Waals surface area (Å²) in [5.74, 6) is -1.40. The Kier molecular flexibility index (Phi) is 3.32. The van der Waals surface area contributed by atoms with E-state index in [0.717, 1.165) is 12.7 Å². The second kappa shape index (κ2) is 4.78. The molecule has 7 nitrogen and oxygen atoms in total. The minimum atomic E-state index is -4.77. The maximum Gasteiger partial charge on any atom is 0.451 e. The SMILES string of the molecule is CCCc1nc(C(F)(F)F)n(C(=O)n2cncn2)n1. The summed E-state index contributed by atoms with van der Waals surface area (Å²) in [6, 6.07) is -1.08. The fourth-order valence-electron chi connectivity index (χ4n) is 1.41. The molecular formula is C9H9F3N6O. The van der Waals surface area contributed by atoms with Crippen LogP contribution in [0.5, 0.6) is 0 Å². The molecule has 0 aliphatic heterocycles. The topological polar surface area (TPSA) is 78.5 Å². The van der Waals surface area contributed by atoms with Gasteiger partial charge in [-0.25, -0.2) is 14.8 Å². The van der Waals surface area contributed by atoms with E-state index in [4.69, 9.17) is 0 Å². The number of carbonyl (C=O) groups is 1. The maximum atomic E-state index is 12.8. The fraction of sp³-hybridized carbons (Fsp3) is 0.444. The molecule has 0 atom stereocenters. The van der Waals surface area contributed by atoms with E-state index in [9.17, 15) is 18.0 Å². The van der Waals surface area contributed by atoms with Gasteiger partial charge in [-0.3, -0.25) is 0 Å². The van der Waals surface area contributed by atoms with E-state index in [-0.39, 0.29) is 16.9 Å². The van der Waals surface area contributed by atoms with Crippen molar-refractivity contribution in [1.82, 2.24) is 29.5 Å². The highest BCUT2D eigenvalue weighted by Gasteiger charge is 2.40. The first-order valence-electron chi connectivity index (χ1n) is 5.36. The van der Waals surface area contributed by atoms with E-state index in [1.54, 1.807) is 6.92 Å². The second-order valence-corrected chi connectivity index (χ2v) is 3.63. The molecule has 2 rings (SSSR count). The summed E-state index contributed by atoms with van der Waals surface area (Å²) in [6.45, 7) is 1.77. The molecule has 0 spiro atoms. The summed E-state index contributed by atoms with van der Waals surface area (Å²) in [5.41, 5.74) is 0. The molecule has 0 amide bonds. The summed E-state index contributed by atoms with van der Waals surface area (Å²) >= 11 is 0. The molecule has 0 fully saturated rings. The van der Waals surface area contributed by atoms with E-state index in [0.29, 0.717) is 11.1 Å². The number of hydrogen-bond donors (Lipinski definition) is 0. The van der Waals surface area contributed by atoms with Gasteiger partial charge < -0.3 is 0 Å². The summed E-state index contributed by atoms with van der Waals surface area (Å²) in [6.07, 6.45) is -1.92. The van der Waals surface area contributed by atoms with Crippen LogP contribution in [0.25, 0.3) is 0 Å². The van der Waals surface area contributed by atoms with Crippen LogP contribution in [0.2, 0.25) is 0 Å². The molecular weight excluding hydrogens is 265 g/mol. The number of aryl methyl sites for hydroxylation is 1. The number of rotatable bonds is 2. The smallest absolute Gasteiger partial charge is 0.243 e. The summed E-state index contributed by atoms with van der Waals surface area (Å²) in [7, 11) is 0. The Labute approximate surface area is 105 Å². The number of hydrogen-bond acceptors (Lipinski definition) is 5. The average molecular weight is 274 g/mol. The third kappa shape index (κ3) is 2.61. The van der Waals surface area contributed by atoms with Crippen molar-refractivity contribution in [2.24, 2.45) is 0 Å². The number of halogens is 3. The molecule has 19 heavy (non-hydrogen) atoms. The first-order chi connectivity index (χ1) is 8.93. The average Bonchev–Trinajstić information content (AvgIpc) is 2.96. The lowest BCUT2D eigenvalue weighted by atomic mass is 10.3. The number of carbonyl (C=O) groups excluding carboxylic acids is 1. The minimum Gasteiger partial charge on any atom is -0.243 e. The van der Waals surface area contributed by atoms with Crippen LogP contribution < -0.4 is 0 Å². The predicted molar refractivity (Wildman–Crippen MR) is 55.2 cm³/mol. The molecule has 0 N–H and O–H groups in total. The predicted octanol–water partition coefficient (Wildman–Crippen LogP) is 1.36. The Morgan fingerprint density at radius 3 is 2.68 bits per heavy atom. The monoisotopic (exact) mass is 274 g/mol. The zero-order valence-electron chi connectivity index (χ0n) is 9.79. The molecule has 0 aromatic carbocycles. The lowest BCUT2D eigenvalue weighted by Crippen LogP contribution is -2.27. The van der Waals surface area contributed by atoms with Crippen molar-refractivity contribution < 1.29 is 18.0 Å². The second-order valence-electron chi connectivity index (χ2n) is 3.63. The molecule has 102 valence electrons. The van der Waals surface area contributed by atoms with E-state index in [1.807, 2.05) is 0 Å². The van der Waals surface area contributed by atoms with Crippen molar-refractivity contribution in [3.63, 3.8) is 0 Å². The van der Waals surface area contributed by atoms with Crippen LogP contribution in [0.3, 0.4) is 0 Å². The van der Waals surface area contributed by atoms with E-state index >= 15 is 0 Å². The lowest BCUT2D eigenvalue weighted by Gasteiger charge is -2.06. The Hall–Kier alpha value is -2.26. The van der Waals surface area contributed by atoms with Gasteiger partial charge in [-0.05, 0) is 6.42 Å². The Morgan fingerprint density at radius 1 is 1.42 bits per heavy atom. The van der Waals surface area contributed by atoms with E-state index in [1.165, 1.54) is 0 Å². The summed E-state index contributed by atoms with van der Waals surface area (Å²) < 4.78 is 39.2. The van der Waals surface area contributed by atoms with E-state index < -0.39 is 18.0 Å². The Morgan fingerprint density at radius 2 is 2.16 bits per heavy atom. The summed E-state index contributed by atoms with van der Waals surface area (Å²) in [4.78, 5) is 18.7. The molecule has 2 aromatic rings. The van der Waals surface area contributed by atoms with Gasteiger partial charge in [0.05, 0.1) is 0 Å². The van der Waals surface area contributed by atoms with Gasteiger partial charge in [0.2, 0.25) is 5.82 Å². The first kappa shape index (κ1) is 13.2. The Bertz CT molecular complexity index is 573. The molecule has 0 unspecified atom stereocenters. The lowest BCUT2D eigenvalue weighted by molar-refractivity contribution is -0.146. The normalized spacial score (nSPS) is 11.8. The third-order valence-electron chi connectivity index (χ3n) is 2.17. The van der Waals surface area contributed by atoms with Crippen molar-refractivity contribution in [2.45, 2.75) is 25.9 Å². The van der Waals surface area contributed by atoms with Gasteiger partial charge in [-0.15, -0.1) is 5.10 Å². The van der Waals surface area contributed by atoms with Gasteiger partial charge in [0, 0.05) is 6.42 Å². The molecule has 0 bridgehead atoms. The molecule has 0 saturated heterocycles. The van der Waals surface area contributed by atoms with Crippen molar-refractivity contribution in [2.75, 3.05) is 0 Å². The van der Waals surface area contributed by atoms with Gasteiger partial charge in [-0.1, -0.05) is 6.92 Å². The molecule has 0 radical (unpaired) electrons. The van der Waals surface area contributed by atoms with Crippen molar-refractivity contribution in [1.29, 1.82) is 0 Å². The van der Waals surface area contributed by atoms with Gasteiger partial charge >= 0.3 is 12.2 Å². The van der Waals surface area contributed by atoms with Crippen molar-refractivity contribution in [3.8, 4) is 0 Å². The fourth-order valence-corrected chi connectivity index (χ4v) is 1.41. The Balaban J connectivity index is 2.46. The van der Waals surface area contributed by atoms with Crippen molar-refractivity contribution >= 4 is 6.03 Å². The van der Waals surface area contributed by atoms with Crippen LogP contribution in [0.4, 0.5) is 18.0 Å². The van der Waals surface area contributed by atoms with Gasteiger partial charge in [-0.2, -0.15) is 27.6 Å². The summed E-state index contributed by atoms with van der Waals surface area (Å²) in [5, 5.41) is 7.04. The zero-order chi connectivity index (χ0) is 14.0. The van der Waals surface area contributed by atoms with Crippen LogP contribution in [0.1, 0.15) is 25.0 Å². The maximum absolute atomic E-state index is 12.8. The highest BCUT2D eigenvalue weighted by molar-refractivity contribution is 5.77. The van der Waals surface area contributed by atoms with Gasteiger partial charge in [0.25, 0.3) is 0 Å². The molecule has 2 aromatic heterocycles. The van der Waals surface area contributed by atoms with Crippen LogP contribution in [-0.4, -0.2) is 35.6 Å². The van der Waals surface area contributed by atoms with Crippen LogP contribution in [0, 0.1) is 0 Å². The largest absolute Gasteiger partial charge is 0.451 e. The highest BCUT2D eigenvalue weighted by atomic mass is 19.4. The van der Waals surface area contributed by atoms with Crippen LogP contribution in [-0.2, 0) is 12.6 Å². The number of nitrogens with zero attached hydrogens (tertiary/aromatic N) is 6. The van der Waals surface area contributed by atoms with Crippen LogP contribution in [0.15, 0.2) is 12.7 Å². The first-order valence-corrected chi connectivity index (χ1v) is 5.36. The number of alkyl halides is 3. The highest BCUT2D eigenvalue weighted by Crippen LogP contribution is 2.27. The molecule has 2 heterocycles. The number of aromatic nitrogens is 6. The standard InChI is InChI=1S/C9H9F3N6O/c1-2-3-6-15-7(9(10,11)12)18(16-6)8(19)17-5-13-4-14-17/h4-5H,2-3H2,1H3. The molecule has 10 heteroatoms. The molecule has 0 aliphatic rings. The van der Waals surface area contributed by atoms with E-state index in [2.05, 4.69) is 20.2 Å². The third-order valence-corrected chi connectivity index (χ3v) is 2.17. The quantitative estimate of drug-likeness (QED) is 0.826. The van der Waals surface area contributed by atoms with Gasteiger partial charge in [0.1, 0.15) is 12.7 Å². The molecule has 0 aliphatic carbocycles. The van der Waals surface area contributed by atoms with Crippen molar-refractivity contribution in [3.05, 3.63) is 24.3 Å². The molecule has 0 saturated carbocycles. The van der Waals surface area contributed by atoms with Gasteiger partial charge in [0.15, 0.2) is 5.82 Å². The minimum absolute atomic E-state index is 0.0386. The zero-order valence-corrected chi connectivity index (χ0v) is 9.79. The van der Waals surface area contributed by atoms with Crippen LogP contribution >= 0.6 is 0 Å².